The third-order valence-corrected chi connectivity index (χ3v) is 3.10. The highest BCUT2D eigenvalue weighted by atomic mass is 79.9. The summed E-state index contributed by atoms with van der Waals surface area (Å²) in [6.45, 7) is 0. The molecule has 0 spiro atoms. The van der Waals surface area contributed by atoms with Crippen LogP contribution < -0.4 is 4.74 Å². The molecule has 120 valence electrons. The van der Waals surface area contributed by atoms with Crippen molar-refractivity contribution in [3.8, 4) is 11.5 Å². The van der Waals surface area contributed by atoms with Crippen LogP contribution in [0.3, 0.4) is 0 Å². The molecule has 0 saturated heterocycles. The molecular formula is C13H5BrF5N3O. The van der Waals surface area contributed by atoms with E-state index >= 15 is 0 Å². The molecule has 2 aromatic rings. The minimum absolute atomic E-state index is 0.0967. The van der Waals surface area contributed by atoms with Crippen LogP contribution in [0.2, 0.25) is 0 Å². The molecule has 0 bridgehead atoms. The average molecular weight is 394 g/mol. The van der Waals surface area contributed by atoms with E-state index in [9.17, 15) is 22.0 Å². The first kappa shape index (κ1) is 17.0. The van der Waals surface area contributed by atoms with Crippen LogP contribution >= 0.6 is 15.9 Å². The van der Waals surface area contributed by atoms with Crippen LogP contribution in [0.25, 0.3) is 10.4 Å². The van der Waals surface area contributed by atoms with Crippen molar-refractivity contribution < 1.29 is 26.7 Å². The molecule has 0 saturated carbocycles. The molecule has 0 atom stereocenters. The lowest BCUT2D eigenvalue weighted by Gasteiger charge is -2.13. The zero-order valence-corrected chi connectivity index (χ0v) is 12.5. The fraction of sp³-hybridized carbons (Fsp3) is 0.0769. The molecule has 0 fully saturated rings. The number of ether oxygens (including phenoxy) is 1. The van der Waals surface area contributed by atoms with E-state index in [4.69, 9.17) is 10.3 Å². The minimum Gasteiger partial charge on any atom is -0.451 e. The SMILES string of the molecule is [N-]=[N+]=Nc1cc(Br)ccc1Oc1c(F)cc(C(F)(F)F)cc1F. The molecule has 2 aromatic carbocycles. The number of halogens is 6. The Bertz CT molecular complexity index is 780. The number of rotatable bonds is 3. The third-order valence-electron chi connectivity index (χ3n) is 2.61. The summed E-state index contributed by atoms with van der Waals surface area (Å²) in [6, 6.07) is 4.22. The summed E-state index contributed by atoms with van der Waals surface area (Å²) in [5, 5.41) is 3.28. The van der Waals surface area contributed by atoms with Gasteiger partial charge >= 0.3 is 6.18 Å². The largest absolute Gasteiger partial charge is 0.451 e. The predicted molar refractivity (Wildman–Crippen MR) is 74.4 cm³/mol. The smallest absolute Gasteiger partial charge is 0.416 e. The van der Waals surface area contributed by atoms with E-state index in [1.165, 1.54) is 18.2 Å². The Hall–Kier alpha value is -2.32. The second kappa shape index (κ2) is 6.43. The van der Waals surface area contributed by atoms with Crippen molar-refractivity contribution in [2.75, 3.05) is 0 Å². The summed E-state index contributed by atoms with van der Waals surface area (Å²) >= 11 is 3.10. The summed E-state index contributed by atoms with van der Waals surface area (Å²) in [7, 11) is 0. The van der Waals surface area contributed by atoms with Crippen LogP contribution in [-0.2, 0) is 6.18 Å². The molecule has 2 rings (SSSR count). The van der Waals surface area contributed by atoms with Crippen molar-refractivity contribution in [3.05, 3.63) is 62.4 Å². The second-order valence-corrected chi connectivity index (χ2v) is 5.09. The van der Waals surface area contributed by atoms with E-state index in [0.29, 0.717) is 4.47 Å². The summed E-state index contributed by atoms with van der Waals surface area (Å²) in [4.78, 5) is 2.53. The maximum Gasteiger partial charge on any atom is 0.416 e. The molecule has 0 aliphatic heterocycles. The number of alkyl halides is 3. The number of hydrogen-bond acceptors (Lipinski definition) is 2. The van der Waals surface area contributed by atoms with E-state index in [2.05, 4.69) is 26.0 Å². The van der Waals surface area contributed by atoms with Gasteiger partial charge in [0.05, 0.1) is 11.3 Å². The van der Waals surface area contributed by atoms with E-state index in [0.717, 1.165) is 0 Å². The van der Waals surface area contributed by atoms with Gasteiger partial charge in [-0.25, -0.2) is 8.78 Å². The molecule has 4 nitrogen and oxygen atoms in total. The molecule has 23 heavy (non-hydrogen) atoms. The Morgan fingerprint density at radius 1 is 1.09 bits per heavy atom. The van der Waals surface area contributed by atoms with Crippen molar-refractivity contribution >= 4 is 21.6 Å². The standard InChI is InChI=1S/C13H5BrF5N3O/c14-7-1-2-11(10(5-7)21-22-20)23-12-8(15)3-6(4-9(12)16)13(17,18)19/h1-5H. The van der Waals surface area contributed by atoms with Gasteiger partial charge in [0.15, 0.2) is 17.4 Å². The monoisotopic (exact) mass is 393 g/mol. The van der Waals surface area contributed by atoms with Crippen molar-refractivity contribution in [2.24, 2.45) is 5.11 Å². The van der Waals surface area contributed by atoms with Crippen molar-refractivity contribution in [1.82, 2.24) is 0 Å². The molecule has 0 amide bonds. The van der Waals surface area contributed by atoms with Gasteiger partial charge in [0.1, 0.15) is 5.75 Å². The Labute approximate surface area is 134 Å². The van der Waals surface area contributed by atoms with Gasteiger partial charge in [0, 0.05) is 9.38 Å². The van der Waals surface area contributed by atoms with Crippen molar-refractivity contribution in [3.63, 3.8) is 0 Å². The zero-order valence-electron chi connectivity index (χ0n) is 10.9. The van der Waals surface area contributed by atoms with Gasteiger partial charge in [-0.2, -0.15) is 13.2 Å². The van der Waals surface area contributed by atoms with Crippen LogP contribution in [0, 0.1) is 11.6 Å². The molecule has 0 aliphatic carbocycles. The van der Waals surface area contributed by atoms with Crippen LogP contribution in [0.15, 0.2) is 39.9 Å². The van der Waals surface area contributed by atoms with Crippen LogP contribution in [0.4, 0.5) is 27.6 Å². The average Bonchev–Trinajstić information content (AvgIpc) is 2.44. The number of hydrogen-bond donors (Lipinski definition) is 0. The maximum atomic E-state index is 13.7. The Morgan fingerprint density at radius 3 is 2.22 bits per heavy atom. The van der Waals surface area contributed by atoms with Crippen molar-refractivity contribution in [2.45, 2.75) is 6.18 Å². The molecule has 0 aromatic heterocycles. The normalized spacial score (nSPS) is 11.0. The third kappa shape index (κ3) is 3.91. The van der Waals surface area contributed by atoms with Gasteiger partial charge in [-0.1, -0.05) is 21.0 Å². The van der Waals surface area contributed by atoms with E-state index in [1.54, 1.807) is 0 Å². The van der Waals surface area contributed by atoms with Crippen LogP contribution in [0.1, 0.15) is 5.56 Å². The molecule has 0 aliphatic rings. The molecule has 0 heterocycles. The van der Waals surface area contributed by atoms with Gasteiger partial charge in [0.25, 0.3) is 0 Å². The van der Waals surface area contributed by atoms with Crippen LogP contribution in [0.5, 0.6) is 11.5 Å². The fourth-order valence-electron chi connectivity index (χ4n) is 1.63. The first-order chi connectivity index (χ1) is 10.7. The van der Waals surface area contributed by atoms with Gasteiger partial charge in [0.2, 0.25) is 0 Å². The van der Waals surface area contributed by atoms with E-state index in [-0.39, 0.29) is 23.6 Å². The summed E-state index contributed by atoms with van der Waals surface area (Å²) in [5.74, 6) is -4.32. The minimum atomic E-state index is -4.89. The zero-order chi connectivity index (χ0) is 17.2. The topological polar surface area (TPSA) is 58.0 Å². The molecular weight excluding hydrogens is 389 g/mol. The summed E-state index contributed by atoms with van der Waals surface area (Å²) in [5.41, 5.74) is 6.87. The molecule has 0 radical (unpaired) electrons. The molecule has 0 N–H and O–H groups in total. The summed E-state index contributed by atoms with van der Waals surface area (Å²) in [6.07, 6.45) is -4.89. The first-order valence-electron chi connectivity index (χ1n) is 5.81. The van der Waals surface area contributed by atoms with Gasteiger partial charge < -0.3 is 4.74 Å². The van der Waals surface area contributed by atoms with E-state index < -0.39 is 29.1 Å². The van der Waals surface area contributed by atoms with Crippen LogP contribution in [-0.4, -0.2) is 0 Å². The Morgan fingerprint density at radius 2 is 1.70 bits per heavy atom. The van der Waals surface area contributed by atoms with E-state index in [1.807, 2.05) is 0 Å². The van der Waals surface area contributed by atoms with Crippen molar-refractivity contribution in [1.29, 1.82) is 0 Å². The number of azide groups is 1. The van der Waals surface area contributed by atoms with Gasteiger partial charge in [-0.15, -0.1) is 0 Å². The second-order valence-electron chi connectivity index (χ2n) is 4.17. The molecule has 10 heteroatoms. The quantitative estimate of drug-likeness (QED) is 0.254. The lowest BCUT2D eigenvalue weighted by atomic mass is 10.2. The number of nitrogens with zero attached hydrogens (tertiary/aromatic N) is 3. The highest BCUT2D eigenvalue weighted by molar-refractivity contribution is 9.10. The Kier molecular flexibility index (Phi) is 4.76. The van der Waals surface area contributed by atoms with Gasteiger partial charge in [-0.05, 0) is 35.9 Å². The fourth-order valence-corrected chi connectivity index (χ4v) is 1.98. The van der Waals surface area contributed by atoms with Gasteiger partial charge in [-0.3, -0.25) is 0 Å². The summed E-state index contributed by atoms with van der Waals surface area (Å²) < 4.78 is 70.4. The maximum absolute atomic E-state index is 13.7. The predicted octanol–water partition coefficient (Wildman–Crippen LogP) is 6.48. The lowest BCUT2D eigenvalue weighted by molar-refractivity contribution is -0.138. The lowest BCUT2D eigenvalue weighted by Crippen LogP contribution is -2.07. The first-order valence-corrected chi connectivity index (χ1v) is 6.60. The Balaban J connectivity index is 2.48. The molecule has 0 unspecified atom stereocenters. The highest BCUT2D eigenvalue weighted by Gasteiger charge is 2.33. The highest BCUT2D eigenvalue weighted by Crippen LogP contribution is 2.39. The number of benzene rings is 2.